The van der Waals surface area contributed by atoms with E-state index in [1.807, 2.05) is 48.2 Å². The molecule has 2 atom stereocenters. The van der Waals surface area contributed by atoms with Gasteiger partial charge in [-0.25, -0.2) is 0 Å². The lowest BCUT2D eigenvalue weighted by molar-refractivity contribution is 0.0579. The first-order valence-corrected chi connectivity index (χ1v) is 7.72. The molecule has 1 aromatic rings. The molecule has 1 aliphatic heterocycles. The molecule has 0 spiro atoms. The molecule has 0 radical (unpaired) electrons. The minimum Gasteiger partial charge on any atom is -0.378 e. The molecule has 4 heteroatoms. The summed E-state index contributed by atoms with van der Waals surface area (Å²) < 4.78 is 0. The van der Waals surface area contributed by atoms with Crippen LogP contribution in [0.3, 0.4) is 0 Å². The summed E-state index contributed by atoms with van der Waals surface area (Å²) in [7, 11) is 4.00. The Kier molecular flexibility index (Phi) is 4.88. The van der Waals surface area contributed by atoms with E-state index in [1.54, 1.807) is 0 Å². The van der Waals surface area contributed by atoms with Crippen LogP contribution in [-0.4, -0.2) is 50.1 Å². The molecule has 1 aromatic carbocycles. The van der Waals surface area contributed by atoms with Crippen molar-refractivity contribution in [3.63, 3.8) is 0 Å². The predicted molar refractivity (Wildman–Crippen MR) is 87.9 cm³/mol. The maximum absolute atomic E-state index is 12.7. The zero-order valence-electron chi connectivity index (χ0n) is 13.8. The summed E-state index contributed by atoms with van der Waals surface area (Å²) in [4.78, 5) is 16.8. The number of amides is 1. The van der Waals surface area contributed by atoms with Crippen molar-refractivity contribution in [2.24, 2.45) is 5.92 Å². The van der Waals surface area contributed by atoms with Gasteiger partial charge >= 0.3 is 0 Å². The van der Waals surface area contributed by atoms with E-state index in [2.05, 4.69) is 26.1 Å². The number of hydrogen-bond acceptors (Lipinski definition) is 3. The molecule has 1 fully saturated rings. The number of hydrogen-bond donors (Lipinski definition) is 1. The van der Waals surface area contributed by atoms with Gasteiger partial charge in [0.25, 0.3) is 5.91 Å². The number of carbonyl (C=O) groups is 1. The van der Waals surface area contributed by atoms with Crippen LogP contribution in [0.2, 0.25) is 0 Å². The summed E-state index contributed by atoms with van der Waals surface area (Å²) in [5.41, 5.74) is 1.89. The highest BCUT2D eigenvalue weighted by atomic mass is 16.2. The fourth-order valence-corrected chi connectivity index (χ4v) is 2.69. The van der Waals surface area contributed by atoms with Crippen molar-refractivity contribution in [1.29, 1.82) is 0 Å². The molecular weight excluding hydrogens is 262 g/mol. The van der Waals surface area contributed by atoms with E-state index in [0.29, 0.717) is 12.0 Å². The average molecular weight is 289 g/mol. The van der Waals surface area contributed by atoms with Crippen LogP contribution in [0.15, 0.2) is 24.3 Å². The van der Waals surface area contributed by atoms with E-state index in [4.69, 9.17) is 0 Å². The van der Waals surface area contributed by atoms with Gasteiger partial charge in [0.15, 0.2) is 0 Å². The van der Waals surface area contributed by atoms with E-state index in [1.165, 1.54) is 0 Å². The van der Waals surface area contributed by atoms with E-state index >= 15 is 0 Å². The Labute approximate surface area is 128 Å². The number of rotatable bonds is 3. The van der Waals surface area contributed by atoms with Crippen LogP contribution in [-0.2, 0) is 0 Å². The van der Waals surface area contributed by atoms with Crippen molar-refractivity contribution in [3.8, 4) is 0 Å². The molecule has 1 N–H and O–H groups in total. The van der Waals surface area contributed by atoms with Crippen molar-refractivity contribution >= 4 is 11.6 Å². The van der Waals surface area contributed by atoms with Crippen molar-refractivity contribution < 1.29 is 4.79 Å². The number of nitrogens with zero attached hydrogens (tertiary/aromatic N) is 2. The molecule has 116 valence electrons. The lowest BCUT2D eigenvalue weighted by Gasteiger charge is -2.40. The third-order valence-electron chi connectivity index (χ3n) is 4.30. The van der Waals surface area contributed by atoms with Gasteiger partial charge in [-0.1, -0.05) is 13.8 Å². The van der Waals surface area contributed by atoms with Crippen LogP contribution in [0.1, 0.15) is 31.1 Å². The van der Waals surface area contributed by atoms with Gasteiger partial charge in [-0.15, -0.1) is 0 Å². The van der Waals surface area contributed by atoms with Gasteiger partial charge in [0.1, 0.15) is 0 Å². The number of nitrogens with one attached hydrogen (secondary N) is 1. The lowest BCUT2D eigenvalue weighted by Crippen LogP contribution is -2.58. The van der Waals surface area contributed by atoms with Crippen LogP contribution in [0.4, 0.5) is 5.69 Å². The maximum Gasteiger partial charge on any atom is 0.254 e. The van der Waals surface area contributed by atoms with Crippen LogP contribution in [0.5, 0.6) is 0 Å². The number of anilines is 1. The standard InChI is InChI=1S/C17H27N3O/c1-12(2)16-11-20(13(3)10-18-16)17(21)14-6-8-15(9-7-14)19(4)5/h6-9,12-13,16,18H,10-11H2,1-5H3. The highest BCUT2D eigenvalue weighted by Crippen LogP contribution is 2.18. The van der Waals surface area contributed by atoms with Gasteiger partial charge in [-0.3, -0.25) is 4.79 Å². The summed E-state index contributed by atoms with van der Waals surface area (Å²) in [5, 5.41) is 3.53. The van der Waals surface area contributed by atoms with Crippen molar-refractivity contribution in [2.45, 2.75) is 32.9 Å². The molecule has 1 saturated heterocycles. The van der Waals surface area contributed by atoms with E-state index in [0.717, 1.165) is 24.3 Å². The molecule has 1 heterocycles. The Hall–Kier alpha value is -1.55. The summed E-state index contributed by atoms with van der Waals surface area (Å²) >= 11 is 0. The van der Waals surface area contributed by atoms with E-state index in [9.17, 15) is 4.79 Å². The van der Waals surface area contributed by atoms with E-state index in [-0.39, 0.29) is 11.9 Å². The zero-order chi connectivity index (χ0) is 15.6. The zero-order valence-corrected chi connectivity index (χ0v) is 13.8. The molecule has 0 aliphatic carbocycles. The lowest BCUT2D eigenvalue weighted by atomic mass is 9.99. The van der Waals surface area contributed by atoms with Crippen LogP contribution >= 0.6 is 0 Å². The van der Waals surface area contributed by atoms with Gasteiger partial charge in [0.2, 0.25) is 0 Å². The van der Waals surface area contributed by atoms with Gasteiger partial charge in [0, 0.05) is 50.5 Å². The largest absolute Gasteiger partial charge is 0.378 e. The Morgan fingerprint density at radius 2 is 1.90 bits per heavy atom. The summed E-state index contributed by atoms with van der Waals surface area (Å²) in [5.74, 6) is 0.670. The van der Waals surface area contributed by atoms with Crippen molar-refractivity contribution in [1.82, 2.24) is 10.2 Å². The first-order chi connectivity index (χ1) is 9.90. The number of piperazine rings is 1. The fraction of sp³-hybridized carbons (Fsp3) is 0.588. The third-order valence-corrected chi connectivity index (χ3v) is 4.30. The Bertz CT molecular complexity index is 481. The quantitative estimate of drug-likeness (QED) is 0.926. The fourth-order valence-electron chi connectivity index (χ4n) is 2.69. The number of benzene rings is 1. The smallest absolute Gasteiger partial charge is 0.254 e. The second kappa shape index (κ2) is 6.48. The summed E-state index contributed by atoms with van der Waals surface area (Å²) in [6.07, 6.45) is 0. The predicted octanol–water partition coefficient (Wildman–Crippen LogP) is 2.21. The monoisotopic (exact) mass is 289 g/mol. The highest BCUT2D eigenvalue weighted by Gasteiger charge is 2.30. The maximum atomic E-state index is 12.7. The number of carbonyl (C=O) groups excluding carboxylic acids is 1. The molecular formula is C17H27N3O. The molecule has 1 aliphatic rings. The normalized spacial score (nSPS) is 22.5. The van der Waals surface area contributed by atoms with Gasteiger partial charge in [-0.05, 0) is 37.1 Å². The molecule has 1 amide bonds. The minimum absolute atomic E-state index is 0.139. The molecule has 0 saturated carbocycles. The molecule has 21 heavy (non-hydrogen) atoms. The molecule has 2 rings (SSSR count). The first-order valence-electron chi connectivity index (χ1n) is 7.72. The highest BCUT2D eigenvalue weighted by molar-refractivity contribution is 5.94. The van der Waals surface area contributed by atoms with E-state index < -0.39 is 0 Å². The SMILES string of the molecule is CC(C)C1CN(C(=O)c2ccc(N(C)C)cc2)C(C)CN1. The molecule has 0 bridgehead atoms. The average Bonchev–Trinajstić information content (AvgIpc) is 2.47. The van der Waals surface area contributed by atoms with Gasteiger partial charge in [-0.2, -0.15) is 0 Å². The van der Waals surface area contributed by atoms with Crippen molar-refractivity contribution in [2.75, 3.05) is 32.1 Å². The second-order valence-electron chi connectivity index (χ2n) is 6.51. The van der Waals surface area contributed by atoms with Gasteiger partial charge in [0.05, 0.1) is 0 Å². The van der Waals surface area contributed by atoms with Crippen molar-refractivity contribution in [3.05, 3.63) is 29.8 Å². The molecule has 0 aromatic heterocycles. The summed E-state index contributed by atoms with van der Waals surface area (Å²) in [6.45, 7) is 8.15. The Morgan fingerprint density at radius 3 is 2.43 bits per heavy atom. The topological polar surface area (TPSA) is 35.6 Å². The Morgan fingerprint density at radius 1 is 1.29 bits per heavy atom. The second-order valence-corrected chi connectivity index (χ2v) is 6.51. The minimum atomic E-state index is 0.139. The third kappa shape index (κ3) is 3.56. The Balaban J connectivity index is 2.13. The van der Waals surface area contributed by atoms with Crippen LogP contribution in [0.25, 0.3) is 0 Å². The summed E-state index contributed by atoms with van der Waals surface area (Å²) in [6, 6.07) is 8.47. The molecule has 4 nitrogen and oxygen atoms in total. The van der Waals surface area contributed by atoms with Gasteiger partial charge < -0.3 is 15.1 Å². The van der Waals surface area contributed by atoms with Crippen LogP contribution < -0.4 is 10.2 Å². The first kappa shape index (κ1) is 15.8. The molecule has 2 unspecified atom stereocenters. The van der Waals surface area contributed by atoms with Crippen LogP contribution in [0, 0.1) is 5.92 Å².